The van der Waals surface area contributed by atoms with E-state index in [0.29, 0.717) is 6.61 Å². The Morgan fingerprint density at radius 3 is 2.90 bits per heavy atom. The van der Waals surface area contributed by atoms with Crippen molar-refractivity contribution in [1.82, 2.24) is 0 Å². The molecule has 0 radical (unpaired) electrons. The summed E-state index contributed by atoms with van der Waals surface area (Å²) in [5.41, 5.74) is 0. The summed E-state index contributed by atoms with van der Waals surface area (Å²) in [6, 6.07) is 0. The smallest absolute Gasteiger partial charge is 0.0658 e. The second kappa shape index (κ2) is 8.11. The maximum atomic E-state index is 4.79. The quantitative estimate of drug-likeness (QED) is 0.321. The summed E-state index contributed by atoms with van der Waals surface area (Å²) < 4.78 is 4.79. The lowest BCUT2D eigenvalue weighted by molar-refractivity contribution is 0.208. The highest BCUT2D eigenvalue weighted by Gasteiger charge is 1.73. The highest BCUT2D eigenvalue weighted by atomic mass is 16.5. The zero-order valence-corrected chi connectivity index (χ0v) is 6.29. The minimum absolute atomic E-state index is 0.679. The van der Waals surface area contributed by atoms with Crippen molar-refractivity contribution in [2.45, 2.75) is 0 Å². The molecule has 0 heterocycles. The molecule has 0 spiro atoms. The Bertz CT molecular complexity index is 127. The largest absolute Gasteiger partial charge is 0.383 e. The van der Waals surface area contributed by atoms with E-state index >= 15 is 0 Å². The molecule has 2 heteroatoms. The fraction of sp³-hybridized carbons (Fsp3) is 0.375. The molecule has 0 amide bonds. The Labute approximate surface area is 61.9 Å². The first kappa shape index (κ1) is 9.11. The van der Waals surface area contributed by atoms with Gasteiger partial charge in [0.2, 0.25) is 0 Å². The van der Waals surface area contributed by atoms with E-state index < -0.39 is 0 Å². The number of ether oxygens (including phenoxy) is 1. The van der Waals surface area contributed by atoms with Crippen molar-refractivity contribution >= 4 is 6.21 Å². The normalized spacial score (nSPS) is 11.3. The molecule has 0 aromatic heterocycles. The molecule has 0 fully saturated rings. The lowest BCUT2D eigenvalue weighted by Gasteiger charge is -1.88. The monoisotopic (exact) mass is 139 g/mol. The van der Waals surface area contributed by atoms with E-state index in [-0.39, 0.29) is 0 Å². The van der Waals surface area contributed by atoms with Crippen molar-refractivity contribution < 1.29 is 4.74 Å². The molecule has 2 nitrogen and oxygen atoms in total. The summed E-state index contributed by atoms with van der Waals surface area (Å²) >= 11 is 0. The summed E-state index contributed by atoms with van der Waals surface area (Å²) in [4.78, 5) is 4.01. The third kappa shape index (κ3) is 7.11. The molecule has 0 N–H and O–H groups in total. The molecule has 0 aliphatic rings. The minimum atomic E-state index is 0.679. The number of rotatable bonds is 5. The van der Waals surface area contributed by atoms with Crippen LogP contribution in [0.4, 0.5) is 0 Å². The average Bonchev–Trinajstić information content (AvgIpc) is 1.97. The Morgan fingerprint density at radius 2 is 2.30 bits per heavy atom. The van der Waals surface area contributed by atoms with Crippen LogP contribution in [0.5, 0.6) is 0 Å². The molecule has 0 saturated heterocycles. The number of hydrogen-bond donors (Lipinski definition) is 0. The van der Waals surface area contributed by atoms with Gasteiger partial charge >= 0.3 is 0 Å². The molecular formula is C8H13NO. The van der Waals surface area contributed by atoms with Gasteiger partial charge in [0.1, 0.15) is 0 Å². The van der Waals surface area contributed by atoms with E-state index in [9.17, 15) is 0 Å². The third-order valence-corrected chi connectivity index (χ3v) is 0.863. The summed E-state index contributed by atoms with van der Waals surface area (Å²) in [5, 5.41) is 0. The van der Waals surface area contributed by atoms with E-state index in [1.807, 2.05) is 12.2 Å². The molecule has 0 aromatic rings. The van der Waals surface area contributed by atoms with Crippen molar-refractivity contribution in [2.24, 2.45) is 4.99 Å². The van der Waals surface area contributed by atoms with Crippen molar-refractivity contribution in [3.05, 3.63) is 24.8 Å². The van der Waals surface area contributed by atoms with Gasteiger partial charge in [0.15, 0.2) is 0 Å². The van der Waals surface area contributed by atoms with Crippen molar-refractivity contribution in [1.29, 1.82) is 0 Å². The van der Waals surface area contributed by atoms with E-state index in [1.165, 1.54) is 0 Å². The molecular weight excluding hydrogens is 126 g/mol. The standard InChI is InChI=1S/C8H13NO/c1-3-4-5-6-9-7-8-10-2/h3-6H,1,7-8H2,2H3/b5-4-,9-6?. The molecule has 0 atom stereocenters. The van der Waals surface area contributed by atoms with Gasteiger partial charge < -0.3 is 4.74 Å². The zero-order valence-electron chi connectivity index (χ0n) is 6.29. The first-order valence-electron chi connectivity index (χ1n) is 3.18. The maximum absolute atomic E-state index is 4.79. The van der Waals surface area contributed by atoms with Gasteiger partial charge in [0, 0.05) is 13.3 Å². The van der Waals surface area contributed by atoms with Crippen molar-refractivity contribution in [3.63, 3.8) is 0 Å². The number of aliphatic imine (C=N–C) groups is 1. The molecule has 0 aliphatic carbocycles. The topological polar surface area (TPSA) is 21.6 Å². The Kier molecular flexibility index (Phi) is 7.39. The number of nitrogens with zero attached hydrogens (tertiary/aromatic N) is 1. The number of methoxy groups -OCH3 is 1. The molecule has 0 saturated carbocycles. The van der Waals surface area contributed by atoms with Crippen LogP contribution in [0.25, 0.3) is 0 Å². The first-order chi connectivity index (χ1) is 4.91. The van der Waals surface area contributed by atoms with Crippen LogP contribution in [0.15, 0.2) is 29.8 Å². The van der Waals surface area contributed by atoms with Crippen molar-refractivity contribution in [3.8, 4) is 0 Å². The Hall–Kier alpha value is -0.890. The number of hydrogen-bond acceptors (Lipinski definition) is 2. The molecule has 0 rings (SSSR count). The minimum Gasteiger partial charge on any atom is -0.383 e. The van der Waals surface area contributed by atoms with Gasteiger partial charge in [-0.1, -0.05) is 18.7 Å². The first-order valence-corrected chi connectivity index (χ1v) is 3.18. The predicted molar refractivity (Wildman–Crippen MR) is 44.6 cm³/mol. The molecule has 10 heavy (non-hydrogen) atoms. The van der Waals surface area contributed by atoms with Gasteiger partial charge in [0.25, 0.3) is 0 Å². The lowest BCUT2D eigenvalue weighted by atomic mass is 10.5. The van der Waals surface area contributed by atoms with E-state index in [4.69, 9.17) is 4.74 Å². The summed E-state index contributed by atoms with van der Waals surface area (Å²) in [5.74, 6) is 0. The highest BCUT2D eigenvalue weighted by molar-refractivity contribution is 5.71. The van der Waals surface area contributed by atoms with Crippen LogP contribution in [0, 0.1) is 0 Å². The van der Waals surface area contributed by atoms with E-state index in [1.54, 1.807) is 19.4 Å². The maximum Gasteiger partial charge on any atom is 0.0658 e. The summed E-state index contributed by atoms with van der Waals surface area (Å²) in [7, 11) is 1.66. The van der Waals surface area contributed by atoms with Gasteiger partial charge in [0.05, 0.1) is 13.2 Å². The zero-order chi connectivity index (χ0) is 7.66. The Balaban J connectivity index is 3.19. The highest BCUT2D eigenvalue weighted by Crippen LogP contribution is 1.72. The van der Waals surface area contributed by atoms with E-state index in [0.717, 1.165) is 6.54 Å². The second-order valence-corrected chi connectivity index (χ2v) is 1.67. The van der Waals surface area contributed by atoms with Gasteiger partial charge in [-0.15, -0.1) is 0 Å². The van der Waals surface area contributed by atoms with Gasteiger partial charge in [-0.2, -0.15) is 0 Å². The molecule has 56 valence electrons. The average molecular weight is 139 g/mol. The molecule has 0 aromatic carbocycles. The Morgan fingerprint density at radius 1 is 1.50 bits per heavy atom. The van der Waals surface area contributed by atoms with Gasteiger partial charge in [-0.3, -0.25) is 4.99 Å². The second-order valence-electron chi connectivity index (χ2n) is 1.67. The van der Waals surface area contributed by atoms with Crippen LogP contribution >= 0.6 is 0 Å². The van der Waals surface area contributed by atoms with Gasteiger partial charge in [-0.05, 0) is 6.08 Å². The fourth-order valence-electron chi connectivity index (χ4n) is 0.408. The summed E-state index contributed by atoms with van der Waals surface area (Å²) in [6.45, 7) is 4.92. The van der Waals surface area contributed by atoms with E-state index in [2.05, 4.69) is 11.6 Å². The van der Waals surface area contributed by atoms with Crippen LogP contribution in [0.1, 0.15) is 0 Å². The number of allylic oxidation sites excluding steroid dienone is 3. The van der Waals surface area contributed by atoms with Crippen LogP contribution < -0.4 is 0 Å². The van der Waals surface area contributed by atoms with Crippen molar-refractivity contribution in [2.75, 3.05) is 20.3 Å². The SMILES string of the molecule is C=C/C=C\C=NCCOC. The molecule has 0 aliphatic heterocycles. The third-order valence-electron chi connectivity index (χ3n) is 0.863. The van der Waals surface area contributed by atoms with Crippen LogP contribution in [0.3, 0.4) is 0 Å². The molecule has 0 bridgehead atoms. The molecule has 0 unspecified atom stereocenters. The van der Waals surface area contributed by atoms with Crippen LogP contribution in [0.2, 0.25) is 0 Å². The lowest BCUT2D eigenvalue weighted by Crippen LogP contribution is -1.91. The fourth-order valence-corrected chi connectivity index (χ4v) is 0.408. The van der Waals surface area contributed by atoms with Crippen LogP contribution in [-0.4, -0.2) is 26.5 Å². The van der Waals surface area contributed by atoms with Crippen LogP contribution in [-0.2, 0) is 4.74 Å². The summed E-state index contributed by atoms with van der Waals surface area (Å²) in [6.07, 6.45) is 7.11. The van der Waals surface area contributed by atoms with Gasteiger partial charge in [-0.25, -0.2) is 0 Å². The predicted octanol–water partition coefficient (Wildman–Crippen LogP) is 1.45.